The van der Waals surface area contributed by atoms with Crippen molar-refractivity contribution in [3.05, 3.63) is 0 Å². The molecule has 0 unspecified atom stereocenters. The molecule has 0 saturated carbocycles. The number of nitrogens with zero attached hydrogens (tertiary/aromatic N) is 1. The van der Waals surface area contributed by atoms with E-state index in [9.17, 15) is 14.7 Å². The average Bonchev–Trinajstić information content (AvgIpc) is 2.34. The van der Waals surface area contributed by atoms with Gasteiger partial charge in [-0.05, 0) is 20.1 Å². The second-order valence-electron chi connectivity index (χ2n) is 4.45. The van der Waals surface area contributed by atoms with Gasteiger partial charge in [0.1, 0.15) is 10.6 Å². The Hall–Kier alpha value is -0.400. The van der Waals surface area contributed by atoms with Crippen LogP contribution in [0.5, 0.6) is 0 Å². The number of amides is 1. The highest BCUT2D eigenvalue weighted by Gasteiger charge is 2.71. The van der Waals surface area contributed by atoms with Gasteiger partial charge in [0.05, 0.1) is 4.75 Å². The molecule has 7 heteroatoms. The minimum atomic E-state index is -1.59. The number of β-lactam (4-membered cyclic amide) rings is 1. The fraction of sp³-hybridized carbons (Fsp3) is 0.778. The lowest BCUT2D eigenvalue weighted by atomic mass is 9.91. The normalized spacial score (nSPS) is 40.5. The summed E-state index contributed by atoms with van der Waals surface area (Å²) in [6.45, 7) is 3.55. The average molecular weight is 262 g/mol. The van der Waals surface area contributed by atoms with E-state index in [-0.39, 0.29) is 16.5 Å². The van der Waals surface area contributed by atoms with E-state index in [1.807, 2.05) is 6.26 Å². The molecule has 2 aliphatic heterocycles. The number of carbonyl (C=O) groups is 2. The number of carboxylic acids is 1. The molecule has 90 valence electrons. The summed E-state index contributed by atoms with van der Waals surface area (Å²) < 4.78 is -0.677. The van der Waals surface area contributed by atoms with Crippen molar-refractivity contribution >= 4 is 35.4 Å². The molecule has 16 heavy (non-hydrogen) atoms. The topological polar surface area (TPSA) is 83.6 Å². The third-order valence-electron chi connectivity index (χ3n) is 3.29. The van der Waals surface area contributed by atoms with Crippen LogP contribution in [0, 0.1) is 0 Å². The number of carboxylic acid groups (broad SMARTS) is 1. The summed E-state index contributed by atoms with van der Waals surface area (Å²) in [5.41, 5.74) is 4.36. The monoisotopic (exact) mass is 262 g/mol. The van der Waals surface area contributed by atoms with E-state index in [4.69, 9.17) is 5.73 Å². The van der Waals surface area contributed by atoms with Crippen molar-refractivity contribution in [1.82, 2.24) is 4.90 Å². The Morgan fingerprint density at radius 1 is 1.62 bits per heavy atom. The molecule has 0 radical (unpaired) electrons. The first-order valence-corrected chi connectivity index (χ1v) is 7.00. The lowest BCUT2D eigenvalue weighted by molar-refractivity contribution is -0.167. The van der Waals surface area contributed by atoms with Crippen LogP contribution in [0.15, 0.2) is 0 Å². The first kappa shape index (κ1) is 12.1. The highest BCUT2D eigenvalue weighted by molar-refractivity contribution is 8.05. The van der Waals surface area contributed by atoms with E-state index in [1.165, 1.54) is 28.4 Å². The number of aliphatic carboxylic acids is 1. The van der Waals surface area contributed by atoms with Gasteiger partial charge in [-0.2, -0.15) is 0 Å². The number of thioether (sulfide) groups is 2. The Bertz CT molecular complexity index is 374. The molecule has 0 aromatic carbocycles. The van der Waals surface area contributed by atoms with Gasteiger partial charge in [0, 0.05) is 0 Å². The number of nitrogens with two attached hydrogens (primary N) is 1. The van der Waals surface area contributed by atoms with Gasteiger partial charge in [0.2, 0.25) is 11.6 Å². The molecule has 0 aliphatic carbocycles. The summed E-state index contributed by atoms with van der Waals surface area (Å²) in [7, 11) is 0. The van der Waals surface area contributed by atoms with Crippen LogP contribution in [0.1, 0.15) is 13.8 Å². The third kappa shape index (κ3) is 1.14. The molecule has 0 aromatic heterocycles. The predicted molar refractivity (Wildman–Crippen MR) is 64.2 cm³/mol. The third-order valence-corrected chi connectivity index (χ3v) is 6.05. The summed E-state index contributed by atoms with van der Waals surface area (Å²) >= 11 is 2.92. The van der Waals surface area contributed by atoms with Crippen molar-refractivity contribution in [3.63, 3.8) is 0 Å². The van der Waals surface area contributed by atoms with E-state index < -0.39 is 16.4 Å². The Kier molecular flexibility index (Phi) is 2.49. The summed E-state index contributed by atoms with van der Waals surface area (Å²) in [5.74, 6) is -1.30. The molecule has 2 aliphatic rings. The van der Waals surface area contributed by atoms with E-state index >= 15 is 0 Å². The summed E-state index contributed by atoms with van der Waals surface area (Å²) in [6, 6.07) is 0. The standard InChI is InChI=1S/C9H14N2O3S2/c1-8(2)9(10,7(13)14)11-5(12)4(15-3)6(11)16-8/h4,6H,10H2,1-3H3,(H,13,14)/t4-,6+,9-/m0/s1. The maximum atomic E-state index is 11.8. The van der Waals surface area contributed by atoms with Gasteiger partial charge in [-0.25, -0.2) is 4.79 Å². The lowest BCUT2D eigenvalue weighted by Gasteiger charge is -2.47. The van der Waals surface area contributed by atoms with Crippen LogP contribution in [0.25, 0.3) is 0 Å². The lowest BCUT2D eigenvalue weighted by Crippen LogP contribution is -2.75. The molecule has 2 heterocycles. The number of fused-ring (bicyclic) bond motifs is 1. The van der Waals surface area contributed by atoms with Crippen molar-refractivity contribution in [2.75, 3.05) is 6.26 Å². The fourth-order valence-electron chi connectivity index (χ4n) is 2.19. The van der Waals surface area contributed by atoms with Crippen molar-refractivity contribution in [1.29, 1.82) is 0 Å². The quantitative estimate of drug-likeness (QED) is 0.689. The molecule has 2 saturated heterocycles. The van der Waals surface area contributed by atoms with Gasteiger partial charge in [-0.15, -0.1) is 23.5 Å². The largest absolute Gasteiger partial charge is 0.478 e. The van der Waals surface area contributed by atoms with E-state index in [2.05, 4.69) is 0 Å². The zero-order valence-corrected chi connectivity index (χ0v) is 10.9. The summed E-state index contributed by atoms with van der Waals surface area (Å²) in [6.07, 6.45) is 1.85. The fourth-order valence-corrected chi connectivity index (χ4v) is 4.94. The first-order chi connectivity index (χ1) is 7.27. The molecule has 2 rings (SSSR count). The second kappa shape index (κ2) is 3.30. The van der Waals surface area contributed by atoms with Gasteiger partial charge in [0.15, 0.2) is 0 Å². The maximum Gasteiger partial charge on any atom is 0.346 e. The Morgan fingerprint density at radius 3 is 2.62 bits per heavy atom. The molecule has 3 atom stereocenters. The van der Waals surface area contributed by atoms with E-state index in [1.54, 1.807) is 13.8 Å². The molecular formula is C9H14N2O3S2. The maximum absolute atomic E-state index is 11.8. The minimum Gasteiger partial charge on any atom is -0.478 e. The second-order valence-corrected chi connectivity index (χ2v) is 7.17. The molecule has 0 spiro atoms. The minimum absolute atomic E-state index is 0.112. The molecule has 0 bridgehead atoms. The highest BCUT2D eigenvalue weighted by Crippen LogP contribution is 2.56. The zero-order chi connectivity index (χ0) is 12.3. The molecule has 2 fully saturated rings. The smallest absolute Gasteiger partial charge is 0.346 e. The molecule has 1 amide bonds. The number of hydrogen-bond acceptors (Lipinski definition) is 5. The summed E-state index contributed by atoms with van der Waals surface area (Å²) in [5, 5.41) is 9.00. The van der Waals surface area contributed by atoms with Crippen LogP contribution in [0.4, 0.5) is 0 Å². The van der Waals surface area contributed by atoms with Crippen LogP contribution in [0.2, 0.25) is 0 Å². The summed E-state index contributed by atoms with van der Waals surface area (Å²) in [4.78, 5) is 24.5. The van der Waals surface area contributed by atoms with Crippen molar-refractivity contribution < 1.29 is 14.7 Å². The number of carbonyl (C=O) groups excluding carboxylic acids is 1. The van der Waals surface area contributed by atoms with Gasteiger partial charge in [0.25, 0.3) is 0 Å². The van der Waals surface area contributed by atoms with E-state index in [0.717, 1.165) is 0 Å². The molecule has 3 N–H and O–H groups in total. The highest BCUT2D eigenvalue weighted by atomic mass is 32.2. The van der Waals surface area contributed by atoms with Gasteiger partial charge >= 0.3 is 5.97 Å². The molecule has 5 nitrogen and oxygen atoms in total. The number of rotatable bonds is 2. The SMILES string of the molecule is CS[C@H]1C(=O)N2[C@@H]1SC(C)(C)[C@]2(N)C(=O)O. The van der Waals surface area contributed by atoms with Gasteiger partial charge in [-0.1, -0.05) is 0 Å². The zero-order valence-electron chi connectivity index (χ0n) is 9.26. The van der Waals surface area contributed by atoms with Crippen molar-refractivity contribution in [2.24, 2.45) is 5.73 Å². The van der Waals surface area contributed by atoms with Crippen molar-refractivity contribution in [2.45, 2.75) is 34.9 Å². The van der Waals surface area contributed by atoms with E-state index in [0.29, 0.717) is 0 Å². The Balaban J connectivity index is 2.41. The van der Waals surface area contributed by atoms with Crippen LogP contribution in [-0.2, 0) is 9.59 Å². The molecular weight excluding hydrogens is 248 g/mol. The first-order valence-electron chi connectivity index (χ1n) is 4.83. The van der Waals surface area contributed by atoms with Crippen LogP contribution in [-0.4, -0.2) is 49.2 Å². The molecule has 0 aromatic rings. The van der Waals surface area contributed by atoms with Gasteiger partial charge in [-0.3, -0.25) is 15.4 Å². The van der Waals surface area contributed by atoms with Gasteiger partial charge < -0.3 is 5.11 Å². The van der Waals surface area contributed by atoms with Crippen LogP contribution >= 0.6 is 23.5 Å². The van der Waals surface area contributed by atoms with Crippen LogP contribution < -0.4 is 5.73 Å². The van der Waals surface area contributed by atoms with Crippen LogP contribution in [0.3, 0.4) is 0 Å². The van der Waals surface area contributed by atoms with Crippen molar-refractivity contribution in [3.8, 4) is 0 Å². The Labute approximate surface area is 102 Å². The Morgan fingerprint density at radius 2 is 2.19 bits per heavy atom. The number of hydrogen-bond donors (Lipinski definition) is 2. The predicted octanol–water partition coefficient (Wildman–Crippen LogP) is 0.151.